The lowest BCUT2D eigenvalue weighted by molar-refractivity contribution is -0.121. The average Bonchev–Trinajstić information content (AvgIpc) is 3.05. The van der Waals surface area contributed by atoms with Crippen LogP contribution in [-0.4, -0.2) is 22.4 Å². The van der Waals surface area contributed by atoms with Gasteiger partial charge in [0, 0.05) is 24.6 Å². The molecule has 1 aliphatic rings. The molecular formula is C16H21ClN4O. The fraction of sp³-hybridized carbons (Fsp3) is 0.375. The number of benzene rings is 1. The number of aromatic nitrogens is 2. The summed E-state index contributed by atoms with van der Waals surface area (Å²) in [4.78, 5) is 19.2. The van der Waals surface area contributed by atoms with Gasteiger partial charge in [-0.25, -0.2) is 4.98 Å². The number of carbonyl (C=O) groups excluding carboxylic acids is 1. The third-order valence-electron chi connectivity index (χ3n) is 3.90. The molecule has 0 saturated heterocycles. The first-order valence-corrected chi connectivity index (χ1v) is 7.20. The molecule has 0 atom stereocenters. The summed E-state index contributed by atoms with van der Waals surface area (Å²) in [7, 11) is 0. The van der Waals surface area contributed by atoms with Crippen LogP contribution < -0.4 is 10.4 Å². The van der Waals surface area contributed by atoms with E-state index in [1.807, 2.05) is 23.3 Å². The van der Waals surface area contributed by atoms with Crippen LogP contribution in [0.15, 0.2) is 36.8 Å². The topological polar surface area (TPSA) is 61.0 Å². The maximum atomic E-state index is 12.1. The van der Waals surface area contributed by atoms with Crippen LogP contribution in [0.4, 0.5) is 5.69 Å². The molecule has 0 bridgehead atoms. The molecule has 0 fully saturated rings. The Morgan fingerprint density at radius 1 is 1.41 bits per heavy atom. The van der Waals surface area contributed by atoms with E-state index in [0.29, 0.717) is 12.8 Å². The lowest BCUT2D eigenvalue weighted by Gasteiger charge is -2.23. The zero-order valence-corrected chi connectivity index (χ0v) is 13.6. The number of aromatic amines is 1. The van der Waals surface area contributed by atoms with Gasteiger partial charge in [0.1, 0.15) is 0 Å². The molecule has 0 unspecified atom stereocenters. The highest BCUT2D eigenvalue weighted by molar-refractivity contribution is 5.85. The number of para-hydroxylation sites is 1. The second-order valence-corrected chi connectivity index (χ2v) is 6.08. The maximum Gasteiger partial charge on any atom is 0.238 e. The van der Waals surface area contributed by atoms with Gasteiger partial charge in [0.15, 0.2) is 0 Å². The summed E-state index contributed by atoms with van der Waals surface area (Å²) in [5.74, 6) is 0.0190. The number of nitrogens with zero attached hydrogens (tertiary/aromatic N) is 2. The van der Waals surface area contributed by atoms with Gasteiger partial charge in [0.2, 0.25) is 5.91 Å². The first-order valence-electron chi connectivity index (χ1n) is 7.20. The van der Waals surface area contributed by atoms with Gasteiger partial charge in [-0.05, 0) is 18.1 Å². The summed E-state index contributed by atoms with van der Waals surface area (Å²) >= 11 is 0. The van der Waals surface area contributed by atoms with E-state index in [-0.39, 0.29) is 23.7 Å². The minimum atomic E-state index is 0. The van der Waals surface area contributed by atoms with E-state index in [0.717, 1.165) is 17.9 Å². The van der Waals surface area contributed by atoms with Crippen molar-refractivity contribution in [2.75, 3.05) is 11.6 Å². The van der Waals surface area contributed by atoms with Crippen molar-refractivity contribution in [3.05, 3.63) is 48.0 Å². The number of rotatable bonds is 4. The molecule has 0 aliphatic carbocycles. The number of fused-ring (bicyclic) bond motifs is 1. The maximum absolute atomic E-state index is 12.1. The lowest BCUT2D eigenvalue weighted by atomic mass is 9.87. The van der Waals surface area contributed by atoms with Crippen LogP contribution in [0.25, 0.3) is 0 Å². The van der Waals surface area contributed by atoms with Crippen LogP contribution in [0.2, 0.25) is 0 Å². The second-order valence-electron chi connectivity index (χ2n) is 6.08. The van der Waals surface area contributed by atoms with E-state index in [1.165, 1.54) is 5.56 Å². The molecule has 5 nitrogen and oxygen atoms in total. The highest BCUT2D eigenvalue weighted by Crippen LogP contribution is 2.38. The molecule has 118 valence electrons. The Morgan fingerprint density at radius 3 is 2.91 bits per heavy atom. The zero-order valence-electron chi connectivity index (χ0n) is 12.8. The molecule has 1 aromatic carbocycles. The van der Waals surface area contributed by atoms with Gasteiger partial charge >= 0.3 is 0 Å². The van der Waals surface area contributed by atoms with Crippen molar-refractivity contribution >= 4 is 24.0 Å². The average molecular weight is 321 g/mol. The molecule has 0 saturated carbocycles. The van der Waals surface area contributed by atoms with E-state index in [1.54, 1.807) is 6.33 Å². The fourth-order valence-corrected chi connectivity index (χ4v) is 2.82. The van der Waals surface area contributed by atoms with Crippen LogP contribution in [0.1, 0.15) is 31.5 Å². The largest absolute Gasteiger partial charge is 0.351 e. The van der Waals surface area contributed by atoms with E-state index < -0.39 is 0 Å². The Morgan fingerprint density at radius 2 is 2.18 bits per heavy atom. The zero-order chi connectivity index (χ0) is 14.9. The minimum absolute atomic E-state index is 0. The Kier molecular flexibility index (Phi) is 4.76. The predicted octanol–water partition coefficient (Wildman–Crippen LogP) is 2.59. The van der Waals surface area contributed by atoms with Gasteiger partial charge in [-0.1, -0.05) is 32.0 Å². The van der Waals surface area contributed by atoms with Crippen molar-refractivity contribution in [2.24, 2.45) is 0 Å². The van der Waals surface area contributed by atoms with Gasteiger partial charge in [0.05, 0.1) is 17.7 Å². The summed E-state index contributed by atoms with van der Waals surface area (Å²) in [5, 5.41) is 1.96. The lowest BCUT2D eigenvalue weighted by Crippen LogP contribution is -2.43. The third-order valence-corrected chi connectivity index (χ3v) is 3.90. The number of anilines is 1. The number of halogens is 1. The molecule has 2 N–H and O–H groups in total. The molecular weight excluding hydrogens is 300 g/mol. The van der Waals surface area contributed by atoms with Crippen molar-refractivity contribution in [1.82, 2.24) is 15.4 Å². The molecule has 1 aliphatic heterocycles. The predicted molar refractivity (Wildman–Crippen MR) is 89.1 cm³/mol. The Bertz CT molecular complexity index is 639. The van der Waals surface area contributed by atoms with Crippen LogP contribution in [-0.2, 0) is 16.6 Å². The number of H-pyrrole nitrogens is 1. The number of amides is 1. The van der Waals surface area contributed by atoms with Crippen molar-refractivity contribution in [3.63, 3.8) is 0 Å². The number of hydrogen-bond acceptors (Lipinski definition) is 3. The Balaban J connectivity index is 0.00000176. The molecule has 3 rings (SSSR count). The van der Waals surface area contributed by atoms with E-state index in [9.17, 15) is 4.79 Å². The molecule has 1 amide bonds. The number of aryl methyl sites for hydroxylation is 1. The number of imidazole rings is 1. The van der Waals surface area contributed by atoms with Crippen LogP contribution in [0.5, 0.6) is 0 Å². The smallest absolute Gasteiger partial charge is 0.238 e. The highest BCUT2D eigenvalue weighted by Gasteiger charge is 2.35. The fourth-order valence-electron chi connectivity index (χ4n) is 2.82. The van der Waals surface area contributed by atoms with Gasteiger partial charge in [-0.2, -0.15) is 0 Å². The SMILES string of the molecule is CC1(C)CN(NC(=O)CCc2c[nH]cn2)c2ccccc21.Cl. The third kappa shape index (κ3) is 3.25. The van der Waals surface area contributed by atoms with Crippen molar-refractivity contribution in [1.29, 1.82) is 0 Å². The first kappa shape index (κ1) is 16.4. The first-order chi connectivity index (χ1) is 10.1. The normalized spacial score (nSPS) is 15.1. The molecule has 1 aromatic heterocycles. The minimum Gasteiger partial charge on any atom is -0.351 e. The monoisotopic (exact) mass is 320 g/mol. The van der Waals surface area contributed by atoms with E-state index in [4.69, 9.17) is 0 Å². The van der Waals surface area contributed by atoms with Crippen LogP contribution >= 0.6 is 12.4 Å². The van der Waals surface area contributed by atoms with Crippen molar-refractivity contribution in [2.45, 2.75) is 32.1 Å². The Labute approximate surface area is 136 Å². The summed E-state index contributed by atoms with van der Waals surface area (Å²) in [6.07, 6.45) is 4.53. The van der Waals surface area contributed by atoms with E-state index >= 15 is 0 Å². The summed E-state index contributed by atoms with van der Waals surface area (Å²) in [5.41, 5.74) is 6.34. The summed E-state index contributed by atoms with van der Waals surface area (Å²) in [6.45, 7) is 5.18. The molecule has 0 spiro atoms. The van der Waals surface area contributed by atoms with Crippen molar-refractivity contribution in [3.8, 4) is 0 Å². The van der Waals surface area contributed by atoms with Gasteiger partial charge in [-0.15, -0.1) is 12.4 Å². The number of nitrogens with one attached hydrogen (secondary N) is 2. The van der Waals surface area contributed by atoms with Crippen molar-refractivity contribution < 1.29 is 4.79 Å². The Hall–Kier alpha value is -2.01. The summed E-state index contributed by atoms with van der Waals surface area (Å²) in [6, 6.07) is 8.23. The molecule has 2 aromatic rings. The molecule has 2 heterocycles. The standard InChI is InChI=1S/C16H20N4O.ClH/c1-16(2)10-20(14-6-4-3-5-13(14)16)19-15(21)8-7-12-9-17-11-18-12;/h3-6,9,11H,7-8,10H2,1-2H3,(H,17,18)(H,19,21);1H. The molecule has 22 heavy (non-hydrogen) atoms. The van der Waals surface area contributed by atoms with Gasteiger partial charge in [-0.3, -0.25) is 15.2 Å². The quantitative estimate of drug-likeness (QED) is 0.910. The summed E-state index contributed by atoms with van der Waals surface area (Å²) < 4.78 is 0. The van der Waals surface area contributed by atoms with Gasteiger partial charge in [0.25, 0.3) is 0 Å². The number of hydrogen-bond donors (Lipinski definition) is 2. The molecule has 6 heteroatoms. The van der Waals surface area contributed by atoms with Crippen LogP contribution in [0, 0.1) is 0 Å². The van der Waals surface area contributed by atoms with Crippen LogP contribution in [0.3, 0.4) is 0 Å². The molecule has 0 radical (unpaired) electrons. The highest BCUT2D eigenvalue weighted by atomic mass is 35.5. The van der Waals surface area contributed by atoms with E-state index in [2.05, 4.69) is 41.4 Å². The number of carbonyl (C=O) groups is 1. The second kappa shape index (κ2) is 6.40. The van der Waals surface area contributed by atoms with Gasteiger partial charge < -0.3 is 4.98 Å². The number of hydrazine groups is 1.